The molecule has 1 heterocycles. The average Bonchev–Trinajstić information content (AvgIpc) is 2.82. The SMILES string of the molecule is COc1cccc(C(=O)NC(=O)N2CCN(CCCC(N)(CCCCB(O)O)C(=O)O)CC2)c1. The van der Waals surface area contributed by atoms with Crippen LogP contribution in [0.15, 0.2) is 24.3 Å². The van der Waals surface area contributed by atoms with E-state index in [1.807, 2.05) is 0 Å². The van der Waals surface area contributed by atoms with Crippen LogP contribution in [0.2, 0.25) is 6.32 Å². The van der Waals surface area contributed by atoms with Crippen LogP contribution in [-0.2, 0) is 4.79 Å². The molecular formula is C22H35BN4O7. The molecule has 0 spiro atoms. The molecule has 0 radical (unpaired) electrons. The maximum Gasteiger partial charge on any atom is 0.451 e. The lowest BCUT2D eigenvalue weighted by molar-refractivity contribution is -0.144. The third kappa shape index (κ3) is 8.60. The van der Waals surface area contributed by atoms with E-state index in [4.69, 9.17) is 20.5 Å². The van der Waals surface area contributed by atoms with Gasteiger partial charge in [-0.15, -0.1) is 0 Å². The van der Waals surface area contributed by atoms with E-state index in [0.717, 1.165) is 0 Å². The molecule has 0 aliphatic carbocycles. The van der Waals surface area contributed by atoms with Crippen LogP contribution in [0.5, 0.6) is 5.75 Å². The number of nitrogens with zero attached hydrogens (tertiary/aromatic N) is 2. The summed E-state index contributed by atoms with van der Waals surface area (Å²) in [4.78, 5) is 40.2. The summed E-state index contributed by atoms with van der Waals surface area (Å²) in [5.41, 5.74) is 5.09. The van der Waals surface area contributed by atoms with Crippen molar-refractivity contribution in [3.63, 3.8) is 0 Å². The standard InChI is InChI=1S/C22H35BN4O7/c1-34-18-7-4-6-17(16-18)19(28)25-21(31)27-14-12-26(13-15-27)11-5-9-22(24,20(29)30)8-2-3-10-23(32)33/h4,6-7,16,32-33H,2-3,5,8-15,24H2,1H3,(H,29,30)(H,25,28,31). The highest BCUT2D eigenvalue weighted by molar-refractivity contribution is 6.40. The number of carbonyl (C=O) groups is 3. The minimum Gasteiger partial charge on any atom is -0.497 e. The second kappa shape index (κ2) is 13.3. The molecule has 188 valence electrons. The molecule has 0 saturated carbocycles. The number of imide groups is 1. The molecule has 0 bridgehead atoms. The van der Waals surface area contributed by atoms with Crippen LogP contribution in [0.25, 0.3) is 0 Å². The molecule has 3 amide bonds. The summed E-state index contributed by atoms with van der Waals surface area (Å²) >= 11 is 0. The van der Waals surface area contributed by atoms with Gasteiger partial charge in [0.05, 0.1) is 7.11 Å². The highest BCUT2D eigenvalue weighted by atomic mass is 16.5. The fraction of sp³-hybridized carbons (Fsp3) is 0.591. The Labute approximate surface area is 200 Å². The minimum absolute atomic E-state index is 0.193. The highest BCUT2D eigenvalue weighted by Gasteiger charge is 2.33. The van der Waals surface area contributed by atoms with Crippen molar-refractivity contribution in [2.24, 2.45) is 5.73 Å². The van der Waals surface area contributed by atoms with Crippen LogP contribution in [0.1, 0.15) is 42.5 Å². The van der Waals surface area contributed by atoms with Crippen LogP contribution < -0.4 is 15.8 Å². The monoisotopic (exact) mass is 478 g/mol. The van der Waals surface area contributed by atoms with Crippen molar-refractivity contribution in [2.75, 3.05) is 39.8 Å². The number of nitrogens with two attached hydrogens (primary N) is 1. The molecule has 0 aromatic heterocycles. The summed E-state index contributed by atoms with van der Waals surface area (Å²) < 4.78 is 5.10. The Bertz CT molecular complexity index is 833. The Morgan fingerprint density at radius 1 is 1.12 bits per heavy atom. The topological polar surface area (TPSA) is 166 Å². The van der Waals surface area contributed by atoms with Gasteiger partial charge < -0.3 is 30.5 Å². The average molecular weight is 478 g/mol. The fourth-order valence-corrected chi connectivity index (χ4v) is 3.91. The summed E-state index contributed by atoms with van der Waals surface area (Å²) in [5, 5.41) is 29.7. The van der Waals surface area contributed by atoms with Gasteiger partial charge in [0.1, 0.15) is 11.3 Å². The number of piperazine rings is 1. The summed E-state index contributed by atoms with van der Waals surface area (Å²) in [5.74, 6) is -1.02. The zero-order valence-corrected chi connectivity index (χ0v) is 19.6. The number of carboxylic acid groups (broad SMARTS) is 1. The molecular weight excluding hydrogens is 443 g/mol. The maximum atomic E-state index is 12.5. The predicted octanol–water partition coefficient (Wildman–Crippen LogP) is 0.368. The minimum atomic E-state index is -1.39. The van der Waals surface area contributed by atoms with Gasteiger partial charge in [-0.2, -0.15) is 0 Å². The molecule has 6 N–H and O–H groups in total. The highest BCUT2D eigenvalue weighted by Crippen LogP contribution is 2.20. The van der Waals surface area contributed by atoms with Crippen molar-refractivity contribution >= 4 is 25.0 Å². The molecule has 1 fully saturated rings. The number of methoxy groups -OCH3 is 1. The molecule has 1 aliphatic heterocycles. The number of benzene rings is 1. The molecule has 1 unspecified atom stereocenters. The fourth-order valence-electron chi connectivity index (χ4n) is 3.91. The van der Waals surface area contributed by atoms with Gasteiger partial charge in [0.2, 0.25) is 0 Å². The number of carbonyl (C=O) groups excluding carboxylic acids is 2. The van der Waals surface area contributed by atoms with Gasteiger partial charge in [-0.05, 0) is 50.3 Å². The number of nitrogens with one attached hydrogen (secondary N) is 1. The van der Waals surface area contributed by atoms with E-state index in [9.17, 15) is 19.5 Å². The number of ether oxygens (including phenoxy) is 1. The smallest absolute Gasteiger partial charge is 0.451 e. The van der Waals surface area contributed by atoms with Crippen LogP contribution in [0, 0.1) is 0 Å². The molecule has 1 aliphatic rings. The van der Waals surface area contributed by atoms with Crippen molar-refractivity contribution in [2.45, 2.75) is 44.0 Å². The van der Waals surface area contributed by atoms with Gasteiger partial charge in [0, 0.05) is 31.7 Å². The Balaban J connectivity index is 1.73. The predicted molar refractivity (Wildman–Crippen MR) is 127 cm³/mol. The summed E-state index contributed by atoms with van der Waals surface area (Å²) in [7, 11) is 0.111. The van der Waals surface area contributed by atoms with E-state index in [1.165, 1.54) is 7.11 Å². The van der Waals surface area contributed by atoms with Gasteiger partial charge in [-0.25, -0.2) is 4.79 Å². The van der Waals surface area contributed by atoms with E-state index in [1.54, 1.807) is 29.2 Å². The van der Waals surface area contributed by atoms with Gasteiger partial charge in [0.15, 0.2) is 0 Å². The van der Waals surface area contributed by atoms with Gasteiger partial charge in [0.25, 0.3) is 5.91 Å². The first-order valence-corrected chi connectivity index (χ1v) is 11.5. The number of amides is 3. The number of unbranched alkanes of at least 4 members (excludes halogenated alkanes) is 1. The van der Waals surface area contributed by atoms with Crippen LogP contribution in [0.4, 0.5) is 4.79 Å². The lowest BCUT2D eigenvalue weighted by atomic mass is 9.81. The third-order valence-corrected chi connectivity index (χ3v) is 6.07. The lowest BCUT2D eigenvalue weighted by Gasteiger charge is -2.35. The van der Waals surface area contributed by atoms with Gasteiger partial charge in [-0.1, -0.05) is 18.9 Å². The normalized spacial score (nSPS) is 15.9. The van der Waals surface area contributed by atoms with E-state index >= 15 is 0 Å². The van der Waals surface area contributed by atoms with Crippen molar-refractivity contribution in [1.82, 2.24) is 15.1 Å². The van der Waals surface area contributed by atoms with Crippen LogP contribution >= 0.6 is 0 Å². The largest absolute Gasteiger partial charge is 0.497 e. The number of hydrogen-bond acceptors (Lipinski definition) is 8. The first kappa shape index (κ1) is 27.6. The number of rotatable bonds is 12. The molecule has 1 atom stereocenters. The number of aliphatic carboxylic acids is 1. The van der Waals surface area contributed by atoms with Gasteiger partial charge >= 0.3 is 19.1 Å². The second-order valence-corrected chi connectivity index (χ2v) is 8.61. The van der Waals surface area contributed by atoms with Crippen molar-refractivity contribution in [3.05, 3.63) is 29.8 Å². The van der Waals surface area contributed by atoms with Crippen LogP contribution in [-0.4, -0.2) is 95.4 Å². The maximum absolute atomic E-state index is 12.5. The van der Waals surface area contributed by atoms with Crippen molar-refractivity contribution in [3.8, 4) is 5.75 Å². The summed E-state index contributed by atoms with van der Waals surface area (Å²) in [6, 6.07) is 6.11. The van der Waals surface area contributed by atoms with E-state index in [2.05, 4.69) is 10.2 Å². The van der Waals surface area contributed by atoms with Gasteiger partial charge in [-0.3, -0.25) is 19.8 Å². The summed E-state index contributed by atoms with van der Waals surface area (Å²) in [6.45, 7) is 2.78. The Morgan fingerprint density at radius 2 is 1.79 bits per heavy atom. The first-order valence-electron chi connectivity index (χ1n) is 11.5. The molecule has 2 rings (SSSR count). The van der Waals surface area contributed by atoms with E-state index < -0.39 is 30.6 Å². The zero-order chi connectivity index (χ0) is 25.1. The lowest BCUT2D eigenvalue weighted by Crippen LogP contribution is -2.53. The Kier molecular flexibility index (Phi) is 10.8. The molecule has 1 saturated heterocycles. The first-order chi connectivity index (χ1) is 16.1. The quantitative estimate of drug-likeness (QED) is 0.211. The molecule has 1 aromatic rings. The van der Waals surface area contributed by atoms with Crippen molar-refractivity contribution in [1.29, 1.82) is 0 Å². The Morgan fingerprint density at radius 3 is 2.41 bits per heavy atom. The van der Waals surface area contributed by atoms with Crippen LogP contribution in [0.3, 0.4) is 0 Å². The van der Waals surface area contributed by atoms with E-state index in [0.29, 0.717) is 69.7 Å². The molecule has 34 heavy (non-hydrogen) atoms. The summed E-state index contributed by atoms with van der Waals surface area (Å²) in [6.07, 6.45) is 2.35. The third-order valence-electron chi connectivity index (χ3n) is 6.07. The molecule has 1 aromatic carbocycles. The van der Waals surface area contributed by atoms with E-state index in [-0.39, 0.29) is 12.7 Å². The number of carboxylic acids is 1. The zero-order valence-electron chi connectivity index (χ0n) is 19.6. The number of hydrogen-bond donors (Lipinski definition) is 5. The second-order valence-electron chi connectivity index (χ2n) is 8.61. The Hall–Kier alpha value is -2.67. The van der Waals surface area contributed by atoms with Crippen molar-refractivity contribution < 1.29 is 34.3 Å². The molecule has 12 heteroatoms. The number of urea groups is 1. The molecule has 11 nitrogen and oxygen atoms in total.